The predicted molar refractivity (Wildman–Crippen MR) is 70.4 cm³/mol. The van der Waals surface area contributed by atoms with Crippen molar-refractivity contribution in [3.8, 4) is 10.7 Å². The lowest BCUT2D eigenvalue weighted by Gasteiger charge is -2.36. The van der Waals surface area contributed by atoms with E-state index in [2.05, 4.69) is 20.5 Å². The van der Waals surface area contributed by atoms with E-state index >= 15 is 0 Å². The predicted octanol–water partition coefficient (Wildman–Crippen LogP) is 1.93. The van der Waals surface area contributed by atoms with Gasteiger partial charge in [-0.05, 0) is 31.4 Å². The quantitative estimate of drug-likeness (QED) is 0.881. The molecule has 2 heterocycles. The summed E-state index contributed by atoms with van der Waals surface area (Å²) in [6.07, 6.45) is 4.58. The molecule has 0 saturated heterocycles. The van der Waals surface area contributed by atoms with Crippen LogP contribution < -0.4 is 5.32 Å². The summed E-state index contributed by atoms with van der Waals surface area (Å²) >= 11 is 1.45. The van der Waals surface area contributed by atoms with Gasteiger partial charge in [0.15, 0.2) is 5.01 Å². The standard InChI is InChI=1S/C12H14N4OS/c17-12(5-3-6-12)8-14-11-16-15-10(18-11)9-4-1-2-7-13-9/h1-2,4,7,17H,3,5-6,8H2,(H,14,16). The summed E-state index contributed by atoms with van der Waals surface area (Å²) in [5.41, 5.74) is 0.280. The van der Waals surface area contributed by atoms with E-state index in [1.54, 1.807) is 6.20 Å². The van der Waals surface area contributed by atoms with E-state index in [1.807, 2.05) is 18.2 Å². The molecule has 0 bridgehead atoms. The van der Waals surface area contributed by atoms with Crippen molar-refractivity contribution in [3.63, 3.8) is 0 Å². The maximum absolute atomic E-state index is 9.98. The minimum Gasteiger partial charge on any atom is -0.388 e. The third kappa shape index (κ3) is 2.34. The average Bonchev–Trinajstić information content (AvgIpc) is 2.84. The number of hydrogen-bond acceptors (Lipinski definition) is 6. The molecule has 1 aliphatic carbocycles. The van der Waals surface area contributed by atoms with Gasteiger partial charge in [-0.15, -0.1) is 10.2 Å². The molecule has 1 aliphatic rings. The summed E-state index contributed by atoms with van der Waals surface area (Å²) < 4.78 is 0. The van der Waals surface area contributed by atoms with Gasteiger partial charge in [-0.25, -0.2) is 0 Å². The van der Waals surface area contributed by atoms with Crippen molar-refractivity contribution in [2.24, 2.45) is 0 Å². The molecule has 0 aromatic carbocycles. The lowest BCUT2D eigenvalue weighted by Crippen LogP contribution is -2.43. The van der Waals surface area contributed by atoms with Crippen LogP contribution in [0.15, 0.2) is 24.4 Å². The van der Waals surface area contributed by atoms with Gasteiger partial charge in [-0.1, -0.05) is 17.4 Å². The Kier molecular flexibility index (Phi) is 2.97. The Morgan fingerprint density at radius 3 is 2.89 bits per heavy atom. The average molecular weight is 262 g/mol. The molecule has 3 rings (SSSR count). The molecule has 0 amide bonds. The van der Waals surface area contributed by atoms with Crippen LogP contribution in [0.25, 0.3) is 10.7 Å². The van der Waals surface area contributed by atoms with E-state index in [-0.39, 0.29) is 0 Å². The van der Waals surface area contributed by atoms with E-state index in [1.165, 1.54) is 11.3 Å². The minimum atomic E-state index is -0.545. The first kappa shape index (κ1) is 11.6. The monoisotopic (exact) mass is 262 g/mol. The van der Waals surface area contributed by atoms with Crippen molar-refractivity contribution in [2.45, 2.75) is 24.9 Å². The van der Waals surface area contributed by atoms with Crippen LogP contribution in [-0.2, 0) is 0 Å². The Labute approximate surface area is 109 Å². The van der Waals surface area contributed by atoms with Crippen molar-refractivity contribution in [1.82, 2.24) is 15.2 Å². The second kappa shape index (κ2) is 4.62. The number of hydrogen-bond donors (Lipinski definition) is 2. The number of nitrogens with zero attached hydrogens (tertiary/aromatic N) is 3. The maximum Gasteiger partial charge on any atom is 0.206 e. The third-order valence-electron chi connectivity index (χ3n) is 3.16. The van der Waals surface area contributed by atoms with Gasteiger partial charge in [0.05, 0.1) is 5.60 Å². The van der Waals surface area contributed by atoms with Gasteiger partial charge >= 0.3 is 0 Å². The summed E-state index contributed by atoms with van der Waals surface area (Å²) in [6.45, 7) is 0.545. The molecule has 1 fully saturated rings. The fourth-order valence-corrected chi connectivity index (χ4v) is 2.61. The Morgan fingerprint density at radius 1 is 1.33 bits per heavy atom. The SMILES string of the molecule is OC1(CNc2nnc(-c3ccccn3)s2)CCC1. The highest BCUT2D eigenvalue weighted by atomic mass is 32.1. The first-order valence-corrected chi connectivity index (χ1v) is 6.78. The smallest absolute Gasteiger partial charge is 0.206 e. The molecule has 6 heteroatoms. The molecule has 94 valence electrons. The Balaban J connectivity index is 1.66. The van der Waals surface area contributed by atoms with Crippen LogP contribution in [0.1, 0.15) is 19.3 Å². The molecule has 5 nitrogen and oxygen atoms in total. The van der Waals surface area contributed by atoms with Crippen molar-refractivity contribution in [3.05, 3.63) is 24.4 Å². The van der Waals surface area contributed by atoms with E-state index in [0.717, 1.165) is 35.1 Å². The summed E-state index contributed by atoms with van der Waals surface area (Å²) in [5.74, 6) is 0. The van der Waals surface area contributed by atoms with Crippen molar-refractivity contribution in [1.29, 1.82) is 0 Å². The topological polar surface area (TPSA) is 70.9 Å². The lowest BCUT2D eigenvalue weighted by atomic mass is 9.80. The van der Waals surface area contributed by atoms with Crippen LogP contribution in [0, 0.1) is 0 Å². The first-order valence-electron chi connectivity index (χ1n) is 5.96. The van der Waals surface area contributed by atoms with Gasteiger partial charge in [0.2, 0.25) is 5.13 Å². The summed E-state index contributed by atoms with van der Waals surface area (Å²) in [5, 5.41) is 22.8. The van der Waals surface area contributed by atoms with Crippen LogP contribution >= 0.6 is 11.3 Å². The van der Waals surface area contributed by atoms with Crippen LogP contribution in [0.4, 0.5) is 5.13 Å². The second-order valence-corrected chi connectivity index (χ2v) is 5.54. The number of aliphatic hydroxyl groups is 1. The Morgan fingerprint density at radius 2 is 2.22 bits per heavy atom. The minimum absolute atomic E-state index is 0.545. The Bertz CT molecular complexity index is 524. The molecule has 0 aliphatic heterocycles. The van der Waals surface area contributed by atoms with E-state index in [4.69, 9.17) is 0 Å². The van der Waals surface area contributed by atoms with Gasteiger partial charge < -0.3 is 10.4 Å². The molecule has 0 radical (unpaired) electrons. The zero-order valence-corrected chi connectivity index (χ0v) is 10.7. The lowest BCUT2D eigenvalue weighted by molar-refractivity contribution is -0.0202. The third-order valence-corrected chi connectivity index (χ3v) is 4.07. The summed E-state index contributed by atoms with van der Waals surface area (Å²) in [7, 11) is 0. The molecular weight excluding hydrogens is 248 g/mol. The molecule has 1 saturated carbocycles. The van der Waals surface area contributed by atoms with E-state index in [0.29, 0.717) is 6.54 Å². The van der Waals surface area contributed by atoms with Crippen molar-refractivity contribution in [2.75, 3.05) is 11.9 Å². The summed E-state index contributed by atoms with van der Waals surface area (Å²) in [4.78, 5) is 4.23. The van der Waals surface area contributed by atoms with Gasteiger partial charge in [-0.2, -0.15) is 0 Å². The van der Waals surface area contributed by atoms with Crippen molar-refractivity contribution >= 4 is 16.5 Å². The zero-order chi connectivity index (χ0) is 12.4. The van der Waals surface area contributed by atoms with Crippen LogP contribution in [-0.4, -0.2) is 32.4 Å². The fraction of sp³-hybridized carbons (Fsp3) is 0.417. The maximum atomic E-state index is 9.98. The number of rotatable bonds is 4. The van der Waals surface area contributed by atoms with E-state index < -0.39 is 5.60 Å². The van der Waals surface area contributed by atoms with Gasteiger partial charge in [0.25, 0.3) is 0 Å². The van der Waals surface area contributed by atoms with Crippen LogP contribution in [0.2, 0.25) is 0 Å². The van der Waals surface area contributed by atoms with E-state index in [9.17, 15) is 5.11 Å². The number of nitrogens with one attached hydrogen (secondary N) is 1. The number of anilines is 1. The molecular formula is C12H14N4OS. The van der Waals surface area contributed by atoms with Crippen LogP contribution in [0.3, 0.4) is 0 Å². The first-order chi connectivity index (χ1) is 8.75. The highest BCUT2D eigenvalue weighted by Crippen LogP contribution is 2.32. The highest BCUT2D eigenvalue weighted by Gasteiger charge is 2.34. The Hall–Kier alpha value is -1.53. The molecule has 0 atom stereocenters. The normalized spacial score (nSPS) is 17.2. The molecule has 0 spiro atoms. The molecule has 2 N–H and O–H groups in total. The van der Waals surface area contributed by atoms with Gasteiger partial charge in [0.1, 0.15) is 5.69 Å². The second-order valence-electron chi connectivity index (χ2n) is 4.56. The van der Waals surface area contributed by atoms with Crippen molar-refractivity contribution < 1.29 is 5.11 Å². The highest BCUT2D eigenvalue weighted by molar-refractivity contribution is 7.18. The molecule has 2 aromatic rings. The zero-order valence-electron chi connectivity index (χ0n) is 9.83. The molecule has 2 aromatic heterocycles. The largest absolute Gasteiger partial charge is 0.388 e. The van der Waals surface area contributed by atoms with Gasteiger partial charge in [-0.3, -0.25) is 4.98 Å². The van der Waals surface area contributed by atoms with Gasteiger partial charge in [0, 0.05) is 12.7 Å². The summed E-state index contributed by atoms with van der Waals surface area (Å²) in [6, 6.07) is 5.70. The molecule has 18 heavy (non-hydrogen) atoms. The fourth-order valence-electron chi connectivity index (χ4n) is 1.89. The van der Waals surface area contributed by atoms with Crippen LogP contribution in [0.5, 0.6) is 0 Å². The number of pyridine rings is 1. The molecule has 0 unspecified atom stereocenters. The number of aromatic nitrogens is 3.